The Labute approximate surface area is 158 Å². The van der Waals surface area contributed by atoms with E-state index in [2.05, 4.69) is 15.1 Å². The van der Waals surface area contributed by atoms with Crippen LogP contribution in [0.5, 0.6) is 5.75 Å². The van der Waals surface area contributed by atoms with Gasteiger partial charge in [-0.05, 0) is 12.1 Å². The Kier molecular flexibility index (Phi) is 4.47. The molecule has 0 aliphatic heterocycles. The van der Waals surface area contributed by atoms with Gasteiger partial charge in [0.05, 0.1) is 21.8 Å². The van der Waals surface area contributed by atoms with Gasteiger partial charge in [0, 0.05) is 0 Å². The van der Waals surface area contributed by atoms with E-state index >= 15 is 0 Å². The van der Waals surface area contributed by atoms with Gasteiger partial charge in [0.2, 0.25) is 0 Å². The fraction of sp³-hybridized carbons (Fsp3) is 0.0667. The number of imidazole rings is 1. The second-order valence-corrected chi connectivity index (χ2v) is 5.94. The number of nitrogens with one attached hydrogen (secondary N) is 1. The van der Waals surface area contributed by atoms with Crippen LogP contribution < -0.4 is 0 Å². The molecule has 0 bridgehead atoms. The summed E-state index contributed by atoms with van der Waals surface area (Å²) >= 11 is 11.8. The maximum Gasteiger partial charge on any atom is 0.416 e. The number of nitriles is 2. The minimum atomic E-state index is -4.64. The highest BCUT2D eigenvalue weighted by atomic mass is 35.5. The molecule has 0 radical (unpaired) electrons. The number of benzene rings is 1. The molecule has 0 saturated carbocycles. The third-order valence-corrected chi connectivity index (χ3v) is 3.99. The smallest absolute Gasteiger partial charge is 0.416 e. The van der Waals surface area contributed by atoms with Crippen LogP contribution in [-0.2, 0) is 6.18 Å². The summed E-state index contributed by atoms with van der Waals surface area (Å²) in [5.74, 6) is -0.511. The molecule has 0 fully saturated rings. The van der Waals surface area contributed by atoms with Crippen LogP contribution in [0, 0.1) is 22.7 Å². The van der Waals surface area contributed by atoms with E-state index in [0.717, 1.165) is 10.9 Å². The van der Waals surface area contributed by atoms with Crippen molar-refractivity contribution in [2.24, 2.45) is 0 Å². The van der Waals surface area contributed by atoms with E-state index in [9.17, 15) is 18.3 Å². The molecule has 0 spiro atoms. The molecular weight excluding hydrogens is 408 g/mol. The average molecular weight is 413 g/mol. The molecule has 3 rings (SSSR count). The largest absolute Gasteiger partial charge is 0.504 e. The number of nitrogens with zero attached hydrogens (tertiary/aromatic N) is 5. The Morgan fingerprint density at radius 2 is 1.78 bits per heavy atom. The van der Waals surface area contributed by atoms with Gasteiger partial charge in [-0.15, -0.1) is 0 Å². The van der Waals surface area contributed by atoms with Crippen LogP contribution in [0.25, 0.3) is 17.2 Å². The molecule has 2 aromatic heterocycles. The Morgan fingerprint density at radius 1 is 1.15 bits per heavy atom. The van der Waals surface area contributed by atoms with Gasteiger partial charge in [-0.3, -0.25) is 0 Å². The topological polar surface area (TPSA) is 114 Å². The first-order valence-electron chi connectivity index (χ1n) is 6.91. The van der Waals surface area contributed by atoms with Crippen molar-refractivity contribution in [3.63, 3.8) is 0 Å². The molecule has 7 nitrogen and oxygen atoms in total. The van der Waals surface area contributed by atoms with Gasteiger partial charge in [0.15, 0.2) is 28.7 Å². The van der Waals surface area contributed by atoms with Crippen molar-refractivity contribution >= 4 is 23.2 Å². The minimum absolute atomic E-state index is 0.0847. The predicted molar refractivity (Wildman–Crippen MR) is 87.3 cm³/mol. The molecule has 12 heteroatoms. The lowest BCUT2D eigenvalue weighted by atomic mass is 10.2. The number of hydrogen-bond acceptors (Lipinski definition) is 5. The number of rotatable bonds is 2. The molecule has 0 aliphatic rings. The van der Waals surface area contributed by atoms with Crippen LogP contribution in [0.1, 0.15) is 17.0 Å². The minimum Gasteiger partial charge on any atom is -0.504 e. The second-order valence-electron chi connectivity index (χ2n) is 5.13. The van der Waals surface area contributed by atoms with Crippen molar-refractivity contribution in [2.75, 3.05) is 0 Å². The van der Waals surface area contributed by atoms with Crippen LogP contribution >= 0.6 is 23.2 Å². The number of H-pyrrole nitrogens is 1. The fourth-order valence-electron chi connectivity index (χ4n) is 2.24. The van der Waals surface area contributed by atoms with Crippen LogP contribution in [-0.4, -0.2) is 24.9 Å². The van der Waals surface area contributed by atoms with Crippen molar-refractivity contribution < 1.29 is 18.3 Å². The maximum atomic E-state index is 12.8. The Morgan fingerprint density at radius 3 is 2.26 bits per heavy atom. The lowest BCUT2D eigenvalue weighted by Gasteiger charge is -2.12. The number of hydrogen-bond donors (Lipinski definition) is 2. The van der Waals surface area contributed by atoms with Gasteiger partial charge in [-0.25, -0.2) is 9.67 Å². The summed E-state index contributed by atoms with van der Waals surface area (Å²) in [4.78, 5) is 6.36. The molecule has 0 aliphatic carbocycles. The molecule has 0 atom stereocenters. The number of alkyl halides is 3. The molecule has 0 saturated heterocycles. The standard InChI is InChI=1S/C15H5Cl2F3N6O/c16-7-1-6(15(18,19)20)2-8(17)13(7)26-5-11(27)12(25-26)14-23-9(3-21)10(4-22)24-14/h1-2,5,27H,(H,23,24). The first kappa shape index (κ1) is 18.6. The molecule has 1 aromatic carbocycles. The van der Waals surface area contributed by atoms with Gasteiger partial charge in [0.25, 0.3) is 0 Å². The highest BCUT2D eigenvalue weighted by Crippen LogP contribution is 2.38. The number of halogens is 5. The summed E-state index contributed by atoms with van der Waals surface area (Å²) < 4.78 is 39.5. The van der Waals surface area contributed by atoms with Gasteiger partial charge >= 0.3 is 6.18 Å². The monoisotopic (exact) mass is 412 g/mol. The molecule has 0 amide bonds. The van der Waals surface area contributed by atoms with Crippen LogP contribution in [0.4, 0.5) is 13.2 Å². The molecule has 2 N–H and O–H groups in total. The van der Waals surface area contributed by atoms with Crippen molar-refractivity contribution in [2.45, 2.75) is 6.18 Å². The highest BCUT2D eigenvalue weighted by Gasteiger charge is 2.32. The van der Waals surface area contributed by atoms with E-state index in [1.165, 1.54) is 0 Å². The summed E-state index contributed by atoms with van der Waals surface area (Å²) in [7, 11) is 0. The van der Waals surface area contributed by atoms with E-state index in [1.54, 1.807) is 12.1 Å². The molecular formula is C15H5Cl2F3N6O. The maximum absolute atomic E-state index is 12.8. The normalized spacial score (nSPS) is 11.2. The fourth-order valence-corrected chi connectivity index (χ4v) is 2.90. The van der Waals surface area contributed by atoms with E-state index in [1.807, 2.05) is 0 Å². The summed E-state index contributed by atoms with van der Waals surface area (Å²) in [6, 6.07) is 4.78. The molecule has 3 aromatic rings. The van der Waals surface area contributed by atoms with Crippen molar-refractivity contribution in [3.8, 4) is 35.1 Å². The van der Waals surface area contributed by atoms with Gasteiger partial charge < -0.3 is 10.1 Å². The second kappa shape index (κ2) is 6.50. The van der Waals surface area contributed by atoms with Crippen LogP contribution in [0.2, 0.25) is 10.0 Å². The van der Waals surface area contributed by atoms with Gasteiger partial charge in [-0.2, -0.15) is 28.8 Å². The number of aromatic nitrogens is 4. The van der Waals surface area contributed by atoms with E-state index in [4.69, 9.17) is 33.7 Å². The Balaban J connectivity index is 2.12. The zero-order valence-electron chi connectivity index (χ0n) is 12.8. The summed E-state index contributed by atoms with van der Waals surface area (Å²) in [6.45, 7) is 0. The molecule has 0 unspecified atom stereocenters. The van der Waals surface area contributed by atoms with Crippen molar-refractivity contribution in [1.29, 1.82) is 10.5 Å². The summed E-state index contributed by atoms with van der Waals surface area (Å²) in [5.41, 5.74) is -1.62. The van der Waals surface area contributed by atoms with Crippen LogP contribution in [0.3, 0.4) is 0 Å². The van der Waals surface area contributed by atoms with Crippen molar-refractivity contribution in [3.05, 3.63) is 45.3 Å². The van der Waals surface area contributed by atoms with Crippen molar-refractivity contribution in [1.82, 2.24) is 19.7 Å². The zero-order chi connectivity index (χ0) is 19.9. The molecule has 2 heterocycles. The highest BCUT2D eigenvalue weighted by molar-refractivity contribution is 6.37. The van der Waals surface area contributed by atoms with E-state index < -0.39 is 17.5 Å². The average Bonchev–Trinajstić information content (AvgIpc) is 3.16. The first-order valence-corrected chi connectivity index (χ1v) is 7.67. The quantitative estimate of drug-likeness (QED) is 0.658. The van der Waals surface area contributed by atoms with E-state index in [0.29, 0.717) is 12.1 Å². The Bertz CT molecular complexity index is 1080. The van der Waals surface area contributed by atoms with E-state index in [-0.39, 0.29) is 38.6 Å². The summed E-state index contributed by atoms with van der Waals surface area (Å²) in [5, 5.41) is 31.2. The SMILES string of the molecule is N#Cc1nc(-c2nn(-c3c(Cl)cc(C(F)(F)F)cc3Cl)cc2O)[nH]c1C#N. The zero-order valence-corrected chi connectivity index (χ0v) is 14.3. The first-order chi connectivity index (χ1) is 12.7. The third kappa shape index (κ3) is 3.28. The summed E-state index contributed by atoms with van der Waals surface area (Å²) in [6.07, 6.45) is -3.59. The number of aromatic amines is 1. The van der Waals surface area contributed by atoms with Gasteiger partial charge in [-0.1, -0.05) is 23.2 Å². The molecule has 27 heavy (non-hydrogen) atoms. The van der Waals surface area contributed by atoms with Crippen LogP contribution in [0.15, 0.2) is 18.3 Å². The third-order valence-electron chi connectivity index (χ3n) is 3.41. The van der Waals surface area contributed by atoms with Gasteiger partial charge in [0.1, 0.15) is 17.8 Å². The molecule has 136 valence electrons. The predicted octanol–water partition coefficient (Wildman–Crippen LogP) is 4.04. The lowest BCUT2D eigenvalue weighted by molar-refractivity contribution is -0.137. The Hall–Kier alpha value is -3.21. The number of aromatic hydroxyl groups is 1. The lowest BCUT2D eigenvalue weighted by Crippen LogP contribution is -2.07.